The lowest BCUT2D eigenvalue weighted by molar-refractivity contribution is -0.384. The third-order valence-corrected chi connectivity index (χ3v) is 5.04. The molecule has 29 heavy (non-hydrogen) atoms. The van der Waals surface area contributed by atoms with E-state index in [1.807, 2.05) is 60.7 Å². The highest BCUT2D eigenvalue weighted by Gasteiger charge is 2.21. The maximum Gasteiger partial charge on any atom is 0.270 e. The number of rotatable bonds is 5. The highest BCUT2D eigenvalue weighted by Crippen LogP contribution is 2.25. The lowest BCUT2D eigenvalue weighted by Gasteiger charge is -2.23. The summed E-state index contributed by atoms with van der Waals surface area (Å²) in [6.07, 6.45) is 0.605. The molecule has 0 N–H and O–H groups in total. The zero-order chi connectivity index (χ0) is 20.4. The minimum atomic E-state index is -0.498. The first-order valence-electron chi connectivity index (χ1n) is 9.31. The van der Waals surface area contributed by atoms with Gasteiger partial charge in [0.2, 0.25) is 0 Å². The number of nitro groups is 1. The van der Waals surface area contributed by atoms with Crippen LogP contribution in [0.4, 0.5) is 5.69 Å². The molecule has 4 aromatic rings. The summed E-state index contributed by atoms with van der Waals surface area (Å²) in [6, 6.07) is 23.6. The molecule has 0 saturated heterocycles. The zero-order valence-electron chi connectivity index (χ0n) is 15.9. The summed E-state index contributed by atoms with van der Waals surface area (Å²) >= 11 is 0. The lowest BCUT2D eigenvalue weighted by Crippen LogP contribution is -2.30. The fraction of sp³-hybridized carbons (Fsp3) is 0.130. The van der Waals surface area contributed by atoms with Crippen LogP contribution in [0.1, 0.15) is 23.0 Å². The molecule has 144 valence electrons. The van der Waals surface area contributed by atoms with Crippen molar-refractivity contribution in [3.05, 3.63) is 116 Å². The molecule has 1 heterocycles. The number of nitro benzene ring substituents is 1. The Kier molecular flexibility index (Phi) is 4.91. The Hall–Kier alpha value is -3.80. The van der Waals surface area contributed by atoms with Crippen LogP contribution in [0.15, 0.2) is 83.7 Å². The summed E-state index contributed by atoms with van der Waals surface area (Å²) in [7, 11) is 0. The summed E-state index contributed by atoms with van der Waals surface area (Å²) in [4.78, 5) is 28.7. The van der Waals surface area contributed by atoms with Gasteiger partial charge in [0.15, 0.2) is 0 Å². The molecule has 0 aliphatic rings. The van der Waals surface area contributed by atoms with Crippen molar-refractivity contribution in [2.45, 2.75) is 19.4 Å². The van der Waals surface area contributed by atoms with E-state index in [1.54, 1.807) is 11.5 Å². The molecule has 0 saturated carbocycles. The topological polar surface area (TPSA) is 78.0 Å². The predicted molar refractivity (Wildman–Crippen MR) is 112 cm³/mol. The fourth-order valence-corrected chi connectivity index (χ4v) is 3.65. The van der Waals surface area contributed by atoms with Crippen LogP contribution in [0.2, 0.25) is 0 Å². The molecule has 0 radical (unpaired) electrons. The first kappa shape index (κ1) is 18.6. The standard InChI is InChI=1S/C23H19N3O3/c1-16-24-21-13-12-19(26(28)29)15-20(21)23(27)25(16)22(18-10-6-3-7-11-18)14-17-8-4-2-5-9-17/h2-13,15,22H,14H2,1H3. The molecule has 0 spiro atoms. The third kappa shape index (κ3) is 3.65. The van der Waals surface area contributed by atoms with E-state index in [2.05, 4.69) is 4.98 Å². The van der Waals surface area contributed by atoms with Gasteiger partial charge in [0.1, 0.15) is 5.82 Å². The van der Waals surface area contributed by atoms with Gasteiger partial charge < -0.3 is 0 Å². The lowest BCUT2D eigenvalue weighted by atomic mass is 9.98. The van der Waals surface area contributed by atoms with E-state index >= 15 is 0 Å². The number of hydrogen-bond acceptors (Lipinski definition) is 4. The van der Waals surface area contributed by atoms with Gasteiger partial charge in [-0.3, -0.25) is 19.5 Å². The normalized spacial score (nSPS) is 12.0. The molecule has 0 bridgehead atoms. The van der Waals surface area contributed by atoms with Crippen LogP contribution in [0.25, 0.3) is 10.9 Å². The van der Waals surface area contributed by atoms with Crippen LogP contribution >= 0.6 is 0 Å². The predicted octanol–water partition coefficient (Wildman–Crippen LogP) is 4.45. The number of non-ortho nitro benzene ring substituents is 1. The first-order valence-corrected chi connectivity index (χ1v) is 9.31. The van der Waals surface area contributed by atoms with E-state index in [1.165, 1.54) is 18.2 Å². The number of aromatic nitrogens is 2. The van der Waals surface area contributed by atoms with Crippen molar-refractivity contribution in [1.82, 2.24) is 9.55 Å². The quantitative estimate of drug-likeness (QED) is 0.376. The Bertz CT molecular complexity index is 1230. The fourth-order valence-electron chi connectivity index (χ4n) is 3.65. The Morgan fingerprint density at radius 2 is 1.66 bits per heavy atom. The van der Waals surface area contributed by atoms with Gasteiger partial charge in [-0.1, -0.05) is 60.7 Å². The smallest absolute Gasteiger partial charge is 0.270 e. The number of benzene rings is 3. The van der Waals surface area contributed by atoms with Crippen molar-refractivity contribution >= 4 is 16.6 Å². The molecular weight excluding hydrogens is 366 g/mol. The largest absolute Gasteiger partial charge is 0.288 e. The van der Waals surface area contributed by atoms with Crippen molar-refractivity contribution < 1.29 is 4.92 Å². The van der Waals surface area contributed by atoms with Crippen LogP contribution in [0.5, 0.6) is 0 Å². The van der Waals surface area contributed by atoms with Gasteiger partial charge >= 0.3 is 0 Å². The van der Waals surface area contributed by atoms with Crippen molar-refractivity contribution in [1.29, 1.82) is 0 Å². The maximum atomic E-state index is 13.4. The van der Waals surface area contributed by atoms with Gasteiger partial charge in [0, 0.05) is 12.1 Å². The number of nitrogens with zero attached hydrogens (tertiary/aromatic N) is 3. The second kappa shape index (κ2) is 7.67. The van der Waals surface area contributed by atoms with Gasteiger partial charge in [-0.15, -0.1) is 0 Å². The second-order valence-electron chi connectivity index (χ2n) is 6.91. The van der Waals surface area contributed by atoms with Crippen LogP contribution in [0.3, 0.4) is 0 Å². The molecule has 1 atom stereocenters. The number of fused-ring (bicyclic) bond motifs is 1. The van der Waals surface area contributed by atoms with E-state index in [0.717, 1.165) is 11.1 Å². The van der Waals surface area contributed by atoms with E-state index in [-0.39, 0.29) is 22.7 Å². The summed E-state index contributed by atoms with van der Waals surface area (Å²) in [5.74, 6) is 0.570. The molecule has 6 heteroatoms. The Morgan fingerprint density at radius 3 is 2.31 bits per heavy atom. The average Bonchev–Trinajstić information content (AvgIpc) is 2.74. The van der Waals surface area contributed by atoms with Crippen LogP contribution in [0, 0.1) is 17.0 Å². The van der Waals surface area contributed by atoms with Crippen molar-refractivity contribution in [2.24, 2.45) is 0 Å². The van der Waals surface area contributed by atoms with Crippen LogP contribution < -0.4 is 5.56 Å². The minimum absolute atomic E-state index is 0.119. The Morgan fingerprint density at radius 1 is 1.00 bits per heavy atom. The molecular formula is C23H19N3O3. The van der Waals surface area contributed by atoms with Gasteiger partial charge in [-0.25, -0.2) is 4.98 Å². The monoisotopic (exact) mass is 385 g/mol. The van der Waals surface area contributed by atoms with Crippen molar-refractivity contribution in [2.75, 3.05) is 0 Å². The van der Waals surface area contributed by atoms with Crippen LogP contribution in [-0.4, -0.2) is 14.5 Å². The van der Waals surface area contributed by atoms with Gasteiger partial charge in [-0.05, 0) is 30.5 Å². The molecule has 1 unspecified atom stereocenters. The molecule has 1 aromatic heterocycles. The highest BCUT2D eigenvalue weighted by atomic mass is 16.6. The number of hydrogen-bond donors (Lipinski definition) is 0. The maximum absolute atomic E-state index is 13.4. The van der Waals surface area contributed by atoms with E-state index in [9.17, 15) is 14.9 Å². The van der Waals surface area contributed by atoms with Gasteiger partial charge in [-0.2, -0.15) is 0 Å². The molecule has 3 aromatic carbocycles. The molecule has 0 fully saturated rings. The average molecular weight is 385 g/mol. The Labute approximate surface area is 167 Å². The molecule has 0 aliphatic heterocycles. The van der Waals surface area contributed by atoms with Crippen molar-refractivity contribution in [3.8, 4) is 0 Å². The number of aryl methyl sites for hydroxylation is 1. The molecule has 6 nitrogen and oxygen atoms in total. The van der Waals surface area contributed by atoms with E-state index in [4.69, 9.17) is 0 Å². The summed E-state index contributed by atoms with van der Waals surface area (Å²) in [5, 5.41) is 11.4. The third-order valence-electron chi connectivity index (χ3n) is 5.04. The zero-order valence-corrected chi connectivity index (χ0v) is 15.9. The molecule has 0 aliphatic carbocycles. The summed E-state index contributed by atoms with van der Waals surface area (Å²) in [5.41, 5.74) is 2.13. The van der Waals surface area contributed by atoms with Crippen LogP contribution in [-0.2, 0) is 6.42 Å². The van der Waals surface area contributed by atoms with Gasteiger partial charge in [0.05, 0.1) is 21.9 Å². The summed E-state index contributed by atoms with van der Waals surface area (Å²) in [6.45, 7) is 1.79. The highest BCUT2D eigenvalue weighted by molar-refractivity contribution is 5.80. The van der Waals surface area contributed by atoms with Gasteiger partial charge in [0.25, 0.3) is 11.2 Å². The second-order valence-corrected chi connectivity index (χ2v) is 6.91. The van der Waals surface area contributed by atoms with E-state index in [0.29, 0.717) is 17.8 Å². The first-order chi connectivity index (χ1) is 14.0. The van der Waals surface area contributed by atoms with Crippen molar-refractivity contribution in [3.63, 3.8) is 0 Å². The minimum Gasteiger partial charge on any atom is -0.288 e. The summed E-state index contributed by atoms with van der Waals surface area (Å²) < 4.78 is 1.65. The molecule has 4 rings (SSSR count). The SMILES string of the molecule is Cc1nc2ccc([N+](=O)[O-])cc2c(=O)n1C(Cc1ccccc1)c1ccccc1. The van der Waals surface area contributed by atoms with E-state index < -0.39 is 4.92 Å². The Balaban J connectivity index is 1.94. The molecule has 0 amide bonds.